The molecule has 0 radical (unpaired) electrons. The van der Waals surface area contributed by atoms with Crippen LogP contribution in [0.2, 0.25) is 0 Å². The molecule has 0 spiro atoms. The minimum absolute atomic E-state index is 0.0120. The number of hydrogen-bond donors (Lipinski definition) is 2. The van der Waals surface area contributed by atoms with Crippen molar-refractivity contribution in [2.45, 2.75) is 31.6 Å². The van der Waals surface area contributed by atoms with Crippen LogP contribution < -0.4 is 10.0 Å². The average Bonchev–Trinajstić information content (AvgIpc) is 3.14. The van der Waals surface area contributed by atoms with Gasteiger partial charge in [-0.05, 0) is 26.7 Å². The number of carbonyl (C=O) groups excluding carboxylic acids is 1. The molecule has 1 fully saturated rings. The lowest BCUT2D eigenvalue weighted by atomic mass is 10.4. The highest BCUT2D eigenvalue weighted by Gasteiger charge is 2.29. The second-order valence-corrected chi connectivity index (χ2v) is 6.79. The van der Waals surface area contributed by atoms with Gasteiger partial charge in [-0.15, -0.1) is 0 Å². The van der Waals surface area contributed by atoms with Gasteiger partial charge >= 0.3 is 0 Å². The lowest BCUT2D eigenvalue weighted by Crippen LogP contribution is -2.35. The van der Waals surface area contributed by atoms with Crippen LogP contribution in [0.3, 0.4) is 0 Å². The molecule has 2 N–H and O–H groups in total. The molecule has 0 bridgehead atoms. The first-order valence-corrected chi connectivity index (χ1v) is 8.09. The minimum atomic E-state index is -3.59. The van der Waals surface area contributed by atoms with Gasteiger partial charge in [0.1, 0.15) is 4.90 Å². The smallest absolute Gasteiger partial charge is 0.244 e. The van der Waals surface area contributed by atoms with Gasteiger partial charge in [-0.2, -0.15) is 5.10 Å². The van der Waals surface area contributed by atoms with Crippen LogP contribution in [0.25, 0.3) is 0 Å². The summed E-state index contributed by atoms with van der Waals surface area (Å²) in [6.07, 6.45) is 1.87. The fourth-order valence-corrected chi connectivity index (χ4v) is 3.54. The van der Waals surface area contributed by atoms with E-state index in [2.05, 4.69) is 15.1 Å². The van der Waals surface area contributed by atoms with E-state index < -0.39 is 10.0 Å². The Morgan fingerprint density at radius 2 is 2.00 bits per heavy atom. The van der Waals surface area contributed by atoms with Crippen LogP contribution in [0.5, 0.6) is 0 Å². The van der Waals surface area contributed by atoms with E-state index in [0.717, 1.165) is 12.8 Å². The number of aryl methyl sites for hydroxylation is 2. The topological polar surface area (TPSA) is 93.1 Å². The summed E-state index contributed by atoms with van der Waals surface area (Å²) in [7, 11) is -1.88. The van der Waals surface area contributed by atoms with Crippen molar-refractivity contribution in [3.05, 3.63) is 11.4 Å². The summed E-state index contributed by atoms with van der Waals surface area (Å²) < 4.78 is 28.4. The number of amides is 1. The van der Waals surface area contributed by atoms with Crippen molar-refractivity contribution in [2.24, 2.45) is 13.0 Å². The molecule has 1 aliphatic carbocycles. The van der Waals surface area contributed by atoms with E-state index in [9.17, 15) is 13.2 Å². The van der Waals surface area contributed by atoms with Crippen LogP contribution in [0.15, 0.2) is 4.90 Å². The Morgan fingerprint density at radius 3 is 2.50 bits per heavy atom. The summed E-state index contributed by atoms with van der Waals surface area (Å²) >= 11 is 0. The second kappa shape index (κ2) is 5.53. The molecule has 112 valence electrons. The van der Waals surface area contributed by atoms with Crippen molar-refractivity contribution in [1.29, 1.82) is 0 Å². The summed E-state index contributed by atoms with van der Waals surface area (Å²) in [5.41, 5.74) is 1.07. The molecule has 1 saturated carbocycles. The average molecular weight is 300 g/mol. The highest BCUT2D eigenvalue weighted by Crippen LogP contribution is 2.28. The van der Waals surface area contributed by atoms with Crippen molar-refractivity contribution in [1.82, 2.24) is 19.8 Å². The van der Waals surface area contributed by atoms with Gasteiger partial charge in [0.05, 0.1) is 11.4 Å². The number of rotatable bonds is 6. The molecule has 0 atom stereocenters. The first kappa shape index (κ1) is 15.0. The highest BCUT2D eigenvalue weighted by molar-refractivity contribution is 7.89. The first-order valence-electron chi connectivity index (χ1n) is 6.60. The van der Waals surface area contributed by atoms with Crippen LogP contribution in [-0.2, 0) is 21.9 Å². The van der Waals surface area contributed by atoms with Crippen LogP contribution in [0.1, 0.15) is 24.2 Å². The summed E-state index contributed by atoms with van der Waals surface area (Å²) in [4.78, 5) is 11.6. The van der Waals surface area contributed by atoms with Crippen molar-refractivity contribution in [3.8, 4) is 0 Å². The maximum absolute atomic E-state index is 12.2. The Morgan fingerprint density at radius 1 is 1.35 bits per heavy atom. The van der Waals surface area contributed by atoms with E-state index in [1.165, 1.54) is 0 Å². The Hall–Kier alpha value is -1.41. The van der Waals surface area contributed by atoms with E-state index in [1.807, 2.05) is 0 Å². The van der Waals surface area contributed by atoms with Crippen molar-refractivity contribution in [2.75, 3.05) is 13.1 Å². The molecular formula is C12H20N4O3S. The van der Waals surface area contributed by atoms with Gasteiger partial charge in [-0.3, -0.25) is 9.48 Å². The number of sulfonamides is 1. The van der Waals surface area contributed by atoms with Gasteiger partial charge in [-0.1, -0.05) is 0 Å². The fourth-order valence-electron chi connectivity index (χ4n) is 2.08. The van der Waals surface area contributed by atoms with E-state index in [4.69, 9.17) is 0 Å². The largest absolute Gasteiger partial charge is 0.355 e. The van der Waals surface area contributed by atoms with Gasteiger partial charge in [0.15, 0.2) is 0 Å². The zero-order valence-corrected chi connectivity index (χ0v) is 12.7. The van der Waals surface area contributed by atoms with Crippen molar-refractivity contribution >= 4 is 15.9 Å². The maximum atomic E-state index is 12.2. The predicted octanol–water partition coefficient (Wildman–Crippen LogP) is -0.159. The molecule has 0 aliphatic heterocycles. The van der Waals surface area contributed by atoms with Crippen LogP contribution in [0.4, 0.5) is 0 Å². The first-order chi connectivity index (χ1) is 9.33. The number of aromatic nitrogens is 2. The SMILES string of the molecule is Cc1nn(C)c(C)c1S(=O)(=O)NCCNC(=O)C1CC1. The van der Waals surface area contributed by atoms with Gasteiger partial charge in [0, 0.05) is 26.1 Å². The number of hydrogen-bond acceptors (Lipinski definition) is 4. The van der Waals surface area contributed by atoms with Gasteiger partial charge in [0.2, 0.25) is 15.9 Å². The van der Waals surface area contributed by atoms with Crippen LogP contribution in [-0.4, -0.2) is 37.2 Å². The van der Waals surface area contributed by atoms with Crippen molar-refractivity contribution in [3.63, 3.8) is 0 Å². The third-order valence-electron chi connectivity index (χ3n) is 3.38. The van der Waals surface area contributed by atoms with E-state index in [0.29, 0.717) is 17.9 Å². The lowest BCUT2D eigenvalue weighted by molar-refractivity contribution is -0.122. The lowest BCUT2D eigenvalue weighted by Gasteiger charge is -2.08. The molecule has 8 heteroatoms. The number of nitrogens with one attached hydrogen (secondary N) is 2. The zero-order chi connectivity index (χ0) is 14.9. The van der Waals surface area contributed by atoms with E-state index in [-0.39, 0.29) is 23.3 Å². The van der Waals surface area contributed by atoms with Crippen molar-refractivity contribution < 1.29 is 13.2 Å². The molecular weight excluding hydrogens is 280 g/mol. The summed E-state index contributed by atoms with van der Waals surface area (Å²) in [6, 6.07) is 0. The third kappa shape index (κ3) is 3.18. The zero-order valence-electron chi connectivity index (χ0n) is 11.9. The van der Waals surface area contributed by atoms with Gasteiger partial charge in [0.25, 0.3) is 0 Å². The molecule has 20 heavy (non-hydrogen) atoms. The predicted molar refractivity (Wildman–Crippen MR) is 73.6 cm³/mol. The molecule has 1 heterocycles. The monoisotopic (exact) mass is 300 g/mol. The summed E-state index contributed by atoms with van der Waals surface area (Å²) in [6.45, 7) is 3.85. The van der Waals surface area contributed by atoms with Crippen LogP contribution >= 0.6 is 0 Å². The van der Waals surface area contributed by atoms with Crippen LogP contribution in [0, 0.1) is 19.8 Å². The molecule has 1 aliphatic rings. The fraction of sp³-hybridized carbons (Fsp3) is 0.667. The minimum Gasteiger partial charge on any atom is -0.355 e. The highest BCUT2D eigenvalue weighted by atomic mass is 32.2. The Bertz CT molecular complexity index is 617. The Balaban J connectivity index is 1.92. The van der Waals surface area contributed by atoms with Gasteiger partial charge in [-0.25, -0.2) is 13.1 Å². The summed E-state index contributed by atoms with van der Waals surface area (Å²) in [5, 5.41) is 6.81. The molecule has 1 aromatic rings. The molecule has 0 saturated heterocycles. The quantitative estimate of drug-likeness (QED) is 0.714. The number of nitrogens with zero attached hydrogens (tertiary/aromatic N) is 2. The molecule has 7 nitrogen and oxygen atoms in total. The number of carbonyl (C=O) groups is 1. The molecule has 0 unspecified atom stereocenters. The standard InChI is InChI=1S/C12H20N4O3S/c1-8-11(9(2)16(3)15-8)20(18,19)14-7-6-13-12(17)10-4-5-10/h10,14H,4-7H2,1-3H3,(H,13,17). The Kier molecular flexibility index (Phi) is 4.14. The summed E-state index contributed by atoms with van der Waals surface area (Å²) in [5.74, 6) is 0.146. The second-order valence-electron chi connectivity index (χ2n) is 5.09. The van der Waals surface area contributed by atoms with E-state index >= 15 is 0 Å². The Labute approximate surface area is 118 Å². The van der Waals surface area contributed by atoms with Gasteiger partial charge < -0.3 is 5.32 Å². The normalized spacial score (nSPS) is 15.3. The maximum Gasteiger partial charge on any atom is 0.244 e. The molecule has 2 rings (SSSR count). The molecule has 0 aromatic carbocycles. The molecule has 1 aromatic heterocycles. The third-order valence-corrected chi connectivity index (χ3v) is 5.09. The molecule has 1 amide bonds. The van der Waals surface area contributed by atoms with E-state index in [1.54, 1.807) is 25.6 Å².